The summed E-state index contributed by atoms with van der Waals surface area (Å²) in [7, 11) is 0. The number of benzene rings is 1. The number of nitrogens with two attached hydrogens (primary N) is 1. The molecule has 18 heavy (non-hydrogen) atoms. The Kier molecular flexibility index (Phi) is 6.82. The third-order valence-electron chi connectivity index (χ3n) is 3.01. The number of rotatable bonds is 7. The zero-order valence-electron chi connectivity index (χ0n) is 11.1. The molecule has 0 aliphatic heterocycles. The normalized spacial score (nSPS) is 13.0. The van der Waals surface area contributed by atoms with Gasteiger partial charge < -0.3 is 5.73 Å². The minimum Gasteiger partial charge on any atom is -0.329 e. The van der Waals surface area contributed by atoms with E-state index < -0.39 is 0 Å². The molecule has 0 saturated carbocycles. The highest BCUT2D eigenvalue weighted by atomic mass is 79.9. The van der Waals surface area contributed by atoms with Crippen molar-refractivity contribution in [1.82, 2.24) is 4.90 Å². The van der Waals surface area contributed by atoms with E-state index in [0.717, 1.165) is 36.0 Å². The maximum Gasteiger partial charge on any atom is 0.124 e. The Balaban J connectivity index is 2.98. The molecule has 0 heterocycles. The second kappa shape index (κ2) is 7.87. The van der Waals surface area contributed by atoms with E-state index >= 15 is 0 Å². The molecule has 0 fully saturated rings. The minimum atomic E-state index is -0.223. The van der Waals surface area contributed by atoms with Crippen molar-refractivity contribution in [1.29, 1.82) is 0 Å². The first-order valence-corrected chi connectivity index (χ1v) is 7.32. The summed E-state index contributed by atoms with van der Waals surface area (Å²) in [5.74, 6) is -0.223. The van der Waals surface area contributed by atoms with Gasteiger partial charge >= 0.3 is 0 Å². The SMILES string of the molecule is CCCN(CCC)C(CN)c1ccc(F)cc1Br. The summed E-state index contributed by atoms with van der Waals surface area (Å²) in [6.45, 7) is 6.90. The first kappa shape index (κ1) is 15.6. The number of hydrogen-bond acceptors (Lipinski definition) is 2. The van der Waals surface area contributed by atoms with Crippen LogP contribution in [-0.2, 0) is 0 Å². The van der Waals surface area contributed by atoms with Gasteiger partial charge in [-0.15, -0.1) is 0 Å². The molecule has 0 saturated heterocycles. The highest BCUT2D eigenvalue weighted by Gasteiger charge is 2.20. The van der Waals surface area contributed by atoms with Gasteiger partial charge in [-0.2, -0.15) is 0 Å². The number of halogens is 2. The Labute approximate surface area is 117 Å². The predicted octanol–water partition coefficient (Wildman–Crippen LogP) is 3.71. The van der Waals surface area contributed by atoms with E-state index in [1.165, 1.54) is 12.1 Å². The Morgan fingerprint density at radius 1 is 1.28 bits per heavy atom. The molecule has 0 aliphatic carbocycles. The van der Waals surface area contributed by atoms with Crippen LogP contribution in [0, 0.1) is 5.82 Å². The molecule has 2 N–H and O–H groups in total. The molecular formula is C14H22BrFN2. The maximum absolute atomic E-state index is 13.1. The van der Waals surface area contributed by atoms with Gasteiger partial charge in [0.05, 0.1) is 0 Å². The monoisotopic (exact) mass is 316 g/mol. The Hall–Kier alpha value is -0.450. The average molecular weight is 317 g/mol. The van der Waals surface area contributed by atoms with Crippen molar-refractivity contribution in [2.75, 3.05) is 19.6 Å². The van der Waals surface area contributed by atoms with E-state index in [2.05, 4.69) is 34.7 Å². The second-order valence-electron chi connectivity index (χ2n) is 4.45. The van der Waals surface area contributed by atoms with Crippen LogP contribution < -0.4 is 5.73 Å². The quantitative estimate of drug-likeness (QED) is 0.831. The lowest BCUT2D eigenvalue weighted by atomic mass is 10.0. The molecule has 1 unspecified atom stereocenters. The van der Waals surface area contributed by atoms with Gasteiger partial charge in [0.25, 0.3) is 0 Å². The van der Waals surface area contributed by atoms with Gasteiger partial charge in [-0.25, -0.2) is 4.39 Å². The van der Waals surface area contributed by atoms with Gasteiger partial charge in [0.2, 0.25) is 0 Å². The van der Waals surface area contributed by atoms with Crippen molar-refractivity contribution in [3.63, 3.8) is 0 Å². The summed E-state index contributed by atoms with van der Waals surface area (Å²) < 4.78 is 13.9. The molecule has 0 radical (unpaired) electrons. The van der Waals surface area contributed by atoms with Gasteiger partial charge in [-0.1, -0.05) is 35.8 Å². The summed E-state index contributed by atoms with van der Waals surface area (Å²) in [6, 6.07) is 4.99. The minimum absolute atomic E-state index is 0.153. The average Bonchev–Trinajstić information content (AvgIpc) is 2.33. The van der Waals surface area contributed by atoms with E-state index in [1.807, 2.05) is 6.07 Å². The van der Waals surface area contributed by atoms with Crippen LogP contribution in [0.15, 0.2) is 22.7 Å². The molecule has 1 rings (SSSR count). The van der Waals surface area contributed by atoms with Crippen LogP contribution >= 0.6 is 15.9 Å². The first-order chi connectivity index (χ1) is 8.63. The predicted molar refractivity (Wildman–Crippen MR) is 78.1 cm³/mol. The number of hydrogen-bond donors (Lipinski definition) is 1. The van der Waals surface area contributed by atoms with Crippen molar-refractivity contribution in [2.45, 2.75) is 32.7 Å². The van der Waals surface area contributed by atoms with Gasteiger partial charge in [-0.05, 0) is 43.6 Å². The first-order valence-electron chi connectivity index (χ1n) is 6.53. The molecule has 2 nitrogen and oxygen atoms in total. The Morgan fingerprint density at radius 2 is 1.89 bits per heavy atom. The molecule has 1 atom stereocenters. The van der Waals surface area contributed by atoms with Crippen LogP contribution in [0.5, 0.6) is 0 Å². The fourth-order valence-electron chi connectivity index (χ4n) is 2.24. The van der Waals surface area contributed by atoms with Gasteiger partial charge in [0.1, 0.15) is 5.82 Å². The molecule has 0 amide bonds. The second-order valence-corrected chi connectivity index (χ2v) is 5.31. The Bertz CT molecular complexity index is 365. The van der Waals surface area contributed by atoms with E-state index in [9.17, 15) is 4.39 Å². The van der Waals surface area contributed by atoms with Crippen LogP contribution in [0.25, 0.3) is 0 Å². The van der Waals surface area contributed by atoms with Crippen molar-refractivity contribution in [3.8, 4) is 0 Å². The summed E-state index contributed by atoms with van der Waals surface area (Å²) >= 11 is 3.44. The van der Waals surface area contributed by atoms with E-state index in [0.29, 0.717) is 6.54 Å². The molecule has 4 heteroatoms. The molecule has 0 aliphatic rings. The molecule has 0 spiro atoms. The molecule has 1 aromatic rings. The largest absolute Gasteiger partial charge is 0.329 e. The lowest BCUT2D eigenvalue weighted by Gasteiger charge is -2.31. The topological polar surface area (TPSA) is 29.3 Å². The van der Waals surface area contributed by atoms with Crippen molar-refractivity contribution in [3.05, 3.63) is 34.1 Å². The smallest absolute Gasteiger partial charge is 0.124 e. The fraction of sp³-hybridized carbons (Fsp3) is 0.571. The van der Waals surface area contributed by atoms with Crippen LogP contribution in [0.1, 0.15) is 38.3 Å². The highest BCUT2D eigenvalue weighted by molar-refractivity contribution is 9.10. The fourth-order valence-corrected chi connectivity index (χ4v) is 2.86. The van der Waals surface area contributed by atoms with Crippen LogP contribution in [0.2, 0.25) is 0 Å². The van der Waals surface area contributed by atoms with E-state index in [4.69, 9.17) is 5.73 Å². The van der Waals surface area contributed by atoms with Crippen LogP contribution in [0.4, 0.5) is 4.39 Å². The maximum atomic E-state index is 13.1. The van der Waals surface area contributed by atoms with Crippen molar-refractivity contribution >= 4 is 15.9 Å². The van der Waals surface area contributed by atoms with E-state index in [-0.39, 0.29) is 11.9 Å². The molecular weight excluding hydrogens is 295 g/mol. The third kappa shape index (κ3) is 4.04. The summed E-state index contributed by atoms with van der Waals surface area (Å²) in [6.07, 6.45) is 2.19. The van der Waals surface area contributed by atoms with E-state index in [1.54, 1.807) is 0 Å². The lowest BCUT2D eigenvalue weighted by Crippen LogP contribution is -2.35. The lowest BCUT2D eigenvalue weighted by molar-refractivity contribution is 0.201. The zero-order chi connectivity index (χ0) is 13.5. The molecule has 0 aromatic heterocycles. The summed E-state index contributed by atoms with van der Waals surface area (Å²) in [4.78, 5) is 2.37. The summed E-state index contributed by atoms with van der Waals surface area (Å²) in [5, 5.41) is 0. The Morgan fingerprint density at radius 3 is 2.33 bits per heavy atom. The van der Waals surface area contributed by atoms with Gasteiger partial charge in [-0.3, -0.25) is 4.90 Å². The highest BCUT2D eigenvalue weighted by Crippen LogP contribution is 2.28. The standard InChI is InChI=1S/C14H22BrFN2/c1-3-7-18(8-4-2)14(10-17)12-6-5-11(16)9-13(12)15/h5-6,9,14H,3-4,7-8,10,17H2,1-2H3. The third-order valence-corrected chi connectivity index (χ3v) is 3.69. The number of nitrogens with zero attached hydrogens (tertiary/aromatic N) is 1. The van der Waals surface area contributed by atoms with Gasteiger partial charge in [0.15, 0.2) is 0 Å². The summed E-state index contributed by atoms with van der Waals surface area (Å²) in [5.41, 5.74) is 6.99. The zero-order valence-corrected chi connectivity index (χ0v) is 12.7. The molecule has 0 bridgehead atoms. The van der Waals surface area contributed by atoms with Gasteiger partial charge in [0, 0.05) is 17.1 Å². The van der Waals surface area contributed by atoms with Crippen molar-refractivity contribution < 1.29 is 4.39 Å². The molecule has 1 aromatic carbocycles. The van der Waals surface area contributed by atoms with Crippen LogP contribution in [-0.4, -0.2) is 24.5 Å². The van der Waals surface area contributed by atoms with Crippen LogP contribution in [0.3, 0.4) is 0 Å². The molecule has 102 valence electrons. The van der Waals surface area contributed by atoms with Crippen molar-refractivity contribution in [2.24, 2.45) is 5.73 Å².